The highest BCUT2D eigenvalue weighted by Gasteiger charge is 2.25. The first-order valence-corrected chi connectivity index (χ1v) is 8.12. The molecule has 0 fully saturated rings. The second-order valence-corrected chi connectivity index (χ2v) is 6.39. The summed E-state index contributed by atoms with van der Waals surface area (Å²) in [6.45, 7) is 0. The Balaban J connectivity index is 1.66. The molecule has 122 valence electrons. The van der Waals surface area contributed by atoms with E-state index in [1.165, 1.54) is 0 Å². The Morgan fingerprint density at radius 1 is 1.22 bits per heavy atom. The number of hydrogen-bond acceptors (Lipinski definition) is 4. The number of fused-ring (bicyclic) bond motifs is 1. The van der Waals surface area contributed by atoms with E-state index in [4.69, 9.17) is 11.6 Å². The molecule has 2 aromatic rings. The van der Waals surface area contributed by atoms with Crippen molar-refractivity contribution in [2.24, 2.45) is 0 Å². The number of benzene rings is 2. The largest absolute Gasteiger partial charge is 0.504 e. The first kappa shape index (κ1) is 16.1. The highest BCUT2D eigenvalue weighted by Crippen LogP contribution is 2.40. The van der Waals surface area contributed by atoms with E-state index in [0.29, 0.717) is 12.8 Å². The van der Waals surface area contributed by atoms with Gasteiger partial charge in [-0.15, -0.1) is 0 Å². The number of aliphatic hydroxyl groups is 1. The Morgan fingerprint density at radius 3 is 2.70 bits per heavy atom. The van der Waals surface area contributed by atoms with Crippen LogP contribution in [0, 0.1) is 0 Å². The maximum absolute atomic E-state index is 10.2. The minimum absolute atomic E-state index is 0.0858. The van der Waals surface area contributed by atoms with E-state index in [1.807, 2.05) is 30.3 Å². The van der Waals surface area contributed by atoms with Crippen LogP contribution < -0.4 is 5.32 Å². The van der Waals surface area contributed by atoms with Crippen LogP contribution >= 0.6 is 11.6 Å². The van der Waals surface area contributed by atoms with Gasteiger partial charge in [0.2, 0.25) is 0 Å². The van der Waals surface area contributed by atoms with E-state index < -0.39 is 6.23 Å². The van der Waals surface area contributed by atoms with E-state index in [-0.39, 0.29) is 22.6 Å². The summed E-state index contributed by atoms with van der Waals surface area (Å²) in [5, 5.41) is 33.1. The van der Waals surface area contributed by atoms with Gasteiger partial charge in [-0.1, -0.05) is 41.9 Å². The molecule has 0 heterocycles. The van der Waals surface area contributed by atoms with Crippen molar-refractivity contribution in [2.75, 3.05) is 0 Å². The lowest BCUT2D eigenvalue weighted by Gasteiger charge is -2.29. The minimum Gasteiger partial charge on any atom is -0.504 e. The summed E-state index contributed by atoms with van der Waals surface area (Å²) in [5.74, 6) is -0.444. The smallest absolute Gasteiger partial charge is 0.176 e. The lowest BCUT2D eigenvalue weighted by atomic mass is 9.87. The average Bonchev–Trinajstić information content (AvgIpc) is 2.54. The van der Waals surface area contributed by atoms with E-state index in [0.717, 1.165) is 29.5 Å². The van der Waals surface area contributed by atoms with Gasteiger partial charge >= 0.3 is 0 Å². The number of aliphatic hydroxyl groups excluding tert-OH is 1. The third-order valence-corrected chi connectivity index (χ3v) is 4.73. The van der Waals surface area contributed by atoms with Crippen LogP contribution in [0.5, 0.6) is 11.5 Å². The molecule has 2 aromatic carbocycles. The van der Waals surface area contributed by atoms with Crippen LogP contribution in [-0.4, -0.2) is 27.6 Å². The summed E-state index contributed by atoms with van der Waals surface area (Å²) in [4.78, 5) is 0. The second-order valence-electron chi connectivity index (χ2n) is 6.01. The molecular formula is C18H20ClNO3. The fraction of sp³-hybridized carbons (Fsp3) is 0.333. The van der Waals surface area contributed by atoms with Crippen molar-refractivity contribution >= 4 is 11.6 Å². The highest BCUT2D eigenvalue weighted by molar-refractivity contribution is 6.33. The Kier molecular flexibility index (Phi) is 4.76. The van der Waals surface area contributed by atoms with Crippen molar-refractivity contribution in [1.29, 1.82) is 0 Å². The zero-order valence-electron chi connectivity index (χ0n) is 12.7. The summed E-state index contributed by atoms with van der Waals surface area (Å²) in [5.41, 5.74) is 2.88. The predicted octanol–water partition coefficient (Wildman–Crippen LogP) is 2.76. The summed E-state index contributed by atoms with van der Waals surface area (Å²) in [6.07, 6.45) is 2.12. The van der Waals surface area contributed by atoms with Gasteiger partial charge in [-0.2, -0.15) is 0 Å². The van der Waals surface area contributed by atoms with Gasteiger partial charge < -0.3 is 15.3 Å². The van der Waals surface area contributed by atoms with Gasteiger partial charge in [0.25, 0.3) is 0 Å². The van der Waals surface area contributed by atoms with Crippen LogP contribution in [0.1, 0.15) is 23.1 Å². The summed E-state index contributed by atoms with van der Waals surface area (Å²) in [6, 6.07) is 11.5. The van der Waals surface area contributed by atoms with Gasteiger partial charge in [-0.25, -0.2) is 0 Å². The molecule has 2 unspecified atom stereocenters. The van der Waals surface area contributed by atoms with E-state index in [1.54, 1.807) is 6.07 Å². The first-order chi connectivity index (χ1) is 11.0. The lowest BCUT2D eigenvalue weighted by Crippen LogP contribution is -2.42. The molecule has 2 atom stereocenters. The highest BCUT2D eigenvalue weighted by atomic mass is 35.5. The Morgan fingerprint density at radius 2 is 1.96 bits per heavy atom. The van der Waals surface area contributed by atoms with Crippen molar-refractivity contribution in [3.8, 4) is 11.5 Å². The maximum Gasteiger partial charge on any atom is 0.176 e. The number of aromatic hydroxyl groups is 2. The molecule has 0 amide bonds. The third-order valence-electron chi connectivity index (χ3n) is 4.33. The van der Waals surface area contributed by atoms with Crippen molar-refractivity contribution in [2.45, 2.75) is 38.0 Å². The van der Waals surface area contributed by atoms with Crippen LogP contribution in [-0.2, 0) is 19.3 Å². The van der Waals surface area contributed by atoms with Crippen LogP contribution in [0.15, 0.2) is 36.4 Å². The summed E-state index contributed by atoms with van der Waals surface area (Å²) >= 11 is 6.15. The zero-order valence-corrected chi connectivity index (χ0v) is 13.4. The molecule has 0 bridgehead atoms. The molecule has 0 aromatic heterocycles. The average molecular weight is 334 g/mol. The molecule has 1 aliphatic rings. The molecule has 0 saturated heterocycles. The molecule has 3 rings (SSSR count). The summed E-state index contributed by atoms with van der Waals surface area (Å²) in [7, 11) is 0. The molecule has 1 aliphatic carbocycles. The predicted molar refractivity (Wildman–Crippen MR) is 89.9 cm³/mol. The minimum atomic E-state index is -0.631. The van der Waals surface area contributed by atoms with Gasteiger partial charge in [-0.3, -0.25) is 5.32 Å². The van der Waals surface area contributed by atoms with Gasteiger partial charge in [-0.05, 0) is 42.0 Å². The zero-order chi connectivity index (χ0) is 16.4. The van der Waals surface area contributed by atoms with E-state index >= 15 is 0 Å². The van der Waals surface area contributed by atoms with Crippen LogP contribution in [0.4, 0.5) is 0 Å². The molecule has 0 radical (unpaired) electrons. The third kappa shape index (κ3) is 3.61. The molecular weight excluding hydrogens is 314 g/mol. The molecule has 4 N–H and O–H groups in total. The van der Waals surface area contributed by atoms with E-state index in [2.05, 4.69) is 5.32 Å². The molecule has 0 saturated carbocycles. The second kappa shape index (κ2) is 6.79. The van der Waals surface area contributed by atoms with Crippen molar-refractivity contribution in [3.63, 3.8) is 0 Å². The molecule has 4 nitrogen and oxygen atoms in total. The SMILES string of the molecule is Oc1cc2c(c(Cl)c1O)CC(NC(O)Cc1ccccc1)CC2. The van der Waals surface area contributed by atoms with E-state index in [9.17, 15) is 15.3 Å². The maximum atomic E-state index is 10.2. The van der Waals surface area contributed by atoms with Gasteiger partial charge in [0.15, 0.2) is 11.5 Å². The van der Waals surface area contributed by atoms with Crippen molar-refractivity contribution in [1.82, 2.24) is 5.32 Å². The topological polar surface area (TPSA) is 72.7 Å². The number of aryl methyl sites for hydroxylation is 1. The normalized spacial score (nSPS) is 18.4. The fourth-order valence-corrected chi connectivity index (χ4v) is 3.44. The Labute approximate surface area is 140 Å². The monoisotopic (exact) mass is 333 g/mol. The van der Waals surface area contributed by atoms with Crippen molar-refractivity contribution < 1.29 is 15.3 Å². The standard InChI is InChI=1S/C18H20ClNO3/c19-17-14-10-13(7-6-12(14)9-15(21)18(17)23)20-16(22)8-11-4-2-1-3-5-11/h1-5,9,13,16,20-23H,6-8,10H2. The first-order valence-electron chi connectivity index (χ1n) is 7.75. The number of phenols is 2. The Bertz CT molecular complexity index is 690. The fourth-order valence-electron chi connectivity index (χ4n) is 3.15. The van der Waals surface area contributed by atoms with Gasteiger partial charge in [0.1, 0.15) is 6.23 Å². The number of halogens is 1. The quantitative estimate of drug-likeness (QED) is 0.513. The molecule has 23 heavy (non-hydrogen) atoms. The number of hydrogen-bond donors (Lipinski definition) is 4. The molecule has 0 spiro atoms. The van der Waals surface area contributed by atoms with Crippen LogP contribution in [0.25, 0.3) is 0 Å². The summed E-state index contributed by atoms with van der Waals surface area (Å²) < 4.78 is 0. The number of phenolic OH excluding ortho intramolecular Hbond substituents is 2. The lowest BCUT2D eigenvalue weighted by molar-refractivity contribution is 0.119. The number of rotatable bonds is 4. The van der Waals surface area contributed by atoms with Gasteiger partial charge in [0.05, 0.1) is 5.02 Å². The Hall–Kier alpha value is -1.75. The van der Waals surface area contributed by atoms with Gasteiger partial charge in [0, 0.05) is 12.5 Å². The number of nitrogens with one attached hydrogen (secondary N) is 1. The molecule has 5 heteroatoms. The molecule has 0 aliphatic heterocycles. The van der Waals surface area contributed by atoms with Crippen LogP contribution in [0.2, 0.25) is 5.02 Å². The van der Waals surface area contributed by atoms with Crippen LogP contribution in [0.3, 0.4) is 0 Å². The van der Waals surface area contributed by atoms with Crippen molar-refractivity contribution in [3.05, 3.63) is 58.1 Å².